The van der Waals surface area contributed by atoms with Crippen molar-refractivity contribution in [2.45, 2.75) is 25.8 Å². The van der Waals surface area contributed by atoms with Gasteiger partial charge in [0.05, 0.1) is 0 Å². The average Bonchev–Trinajstić information content (AvgIpc) is 2.61. The molecule has 1 atom stereocenters. The van der Waals surface area contributed by atoms with Crippen molar-refractivity contribution in [2.75, 3.05) is 6.61 Å². The van der Waals surface area contributed by atoms with Gasteiger partial charge in [-0.05, 0) is 43.0 Å². The number of fused-ring (bicyclic) bond motifs is 1. The number of benzene rings is 1. The van der Waals surface area contributed by atoms with Gasteiger partial charge in [0.25, 0.3) is 0 Å². The van der Waals surface area contributed by atoms with Crippen LogP contribution in [-0.4, -0.2) is 6.61 Å². The predicted molar refractivity (Wildman–Crippen MR) is 62.0 cm³/mol. The second kappa shape index (κ2) is 4.49. The van der Waals surface area contributed by atoms with Crippen LogP contribution in [0.2, 0.25) is 0 Å². The Morgan fingerprint density at radius 3 is 3.20 bits per heavy atom. The molecule has 0 heterocycles. The molecule has 0 fully saturated rings. The predicted octanol–water partition coefficient (Wildman–Crippen LogP) is 2.59. The zero-order valence-electron chi connectivity index (χ0n) is 9.07. The summed E-state index contributed by atoms with van der Waals surface area (Å²) in [5.41, 5.74) is 8.60. The minimum atomic E-state index is 0.226. The summed E-state index contributed by atoms with van der Waals surface area (Å²) < 4.78 is 5.58. The first-order valence-electron chi connectivity index (χ1n) is 5.43. The van der Waals surface area contributed by atoms with Gasteiger partial charge in [0.2, 0.25) is 0 Å². The number of aryl methyl sites for hydroxylation is 1. The van der Waals surface area contributed by atoms with Gasteiger partial charge in [0.1, 0.15) is 12.4 Å². The Kier molecular flexibility index (Phi) is 3.07. The van der Waals surface area contributed by atoms with E-state index in [1.165, 1.54) is 11.1 Å². The molecule has 0 amide bonds. The molecule has 0 aromatic heterocycles. The maximum absolute atomic E-state index is 5.97. The number of ether oxygens (including phenoxy) is 1. The van der Waals surface area contributed by atoms with E-state index in [9.17, 15) is 0 Å². The molecule has 15 heavy (non-hydrogen) atoms. The van der Waals surface area contributed by atoms with Crippen LogP contribution >= 0.6 is 0 Å². The van der Waals surface area contributed by atoms with Crippen LogP contribution in [0.1, 0.15) is 30.5 Å². The van der Waals surface area contributed by atoms with Crippen LogP contribution in [0, 0.1) is 0 Å². The van der Waals surface area contributed by atoms with E-state index in [0.29, 0.717) is 6.61 Å². The largest absolute Gasteiger partial charge is 0.490 e. The Balaban J connectivity index is 2.09. The Bertz CT molecular complexity index is 371. The van der Waals surface area contributed by atoms with Crippen molar-refractivity contribution >= 4 is 0 Å². The number of rotatable bonds is 3. The lowest BCUT2D eigenvalue weighted by Crippen LogP contribution is -2.05. The van der Waals surface area contributed by atoms with Crippen LogP contribution in [0.3, 0.4) is 0 Å². The average molecular weight is 203 g/mol. The first-order chi connectivity index (χ1) is 7.31. The van der Waals surface area contributed by atoms with Crippen LogP contribution in [0.15, 0.2) is 30.4 Å². The fraction of sp³-hybridized carbons (Fsp3) is 0.385. The molecule has 2 nitrogen and oxygen atoms in total. The molecule has 1 aromatic rings. The number of hydrogen-bond donors (Lipinski definition) is 1. The number of hydrogen-bond acceptors (Lipinski definition) is 2. The summed E-state index contributed by atoms with van der Waals surface area (Å²) in [7, 11) is 0. The van der Waals surface area contributed by atoms with Gasteiger partial charge in [-0.25, -0.2) is 0 Å². The van der Waals surface area contributed by atoms with E-state index >= 15 is 0 Å². The Morgan fingerprint density at radius 2 is 2.40 bits per heavy atom. The maximum atomic E-state index is 5.97. The molecular formula is C13H17NO. The standard InChI is InChI=1S/C13H17NO/c1-2-3-8-15-11-5-6-12-10(9-11)4-7-13(12)14/h2-3,5-6,9,13H,4,7-8,14H2,1H3/b3-2+/t13-/m0/s1. The lowest BCUT2D eigenvalue weighted by Gasteiger charge is -2.07. The summed E-state index contributed by atoms with van der Waals surface area (Å²) in [4.78, 5) is 0. The molecule has 0 saturated carbocycles. The van der Waals surface area contributed by atoms with Crippen molar-refractivity contribution in [2.24, 2.45) is 5.73 Å². The van der Waals surface area contributed by atoms with Gasteiger partial charge < -0.3 is 10.5 Å². The Morgan fingerprint density at radius 1 is 1.53 bits per heavy atom. The molecule has 0 bridgehead atoms. The first-order valence-corrected chi connectivity index (χ1v) is 5.43. The van der Waals surface area contributed by atoms with Crippen molar-refractivity contribution in [1.29, 1.82) is 0 Å². The molecule has 0 unspecified atom stereocenters. The van der Waals surface area contributed by atoms with Crippen molar-refractivity contribution in [1.82, 2.24) is 0 Å². The fourth-order valence-electron chi connectivity index (χ4n) is 1.96. The Labute approximate surface area is 90.7 Å². The summed E-state index contributed by atoms with van der Waals surface area (Å²) in [6.07, 6.45) is 6.13. The van der Waals surface area contributed by atoms with E-state index in [0.717, 1.165) is 18.6 Å². The highest BCUT2D eigenvalue weighted by molar-refractivity contribution is 5.40. The van der Waals surface area contributed by atoms with Crippen LogP contribution < -0.4 is 10.5 Å². The molecule has 0 spiro atoms. The topological polar surface area (TPSA) is 35.2 Å². The normalized spacial score (nSPS) is 19.5. The van der Waals surface area contributed by atoms with E-state index in [1.807, 2.05) is 25.1 Å². The summed E-state index contributed by atoms with van der Waals surface area (Å²) in [6, 6.07) is 6.45. The summed E-state index contributed by atoms with van der Waals surface area (Å²) >= 11 is 0. The molecular weight excluding hydrogens is 186 g/mol. The van der Waals surface area contributed by atoms with Crippen LogP contribution in [0.5, 0.6) is 5.75 Å². The molecule has 0 saturated heterocycles. The molecule has 2 rings (SSSR count). The van der Waals surface area contributed by atoms with Crippen molar-refractivity contribution in [3.05, 3.63) is 41.5 Å². The van der Waals surface area contributed by atoms with Crippen molar-refractivity contribution in [3.63, 3.8) is 0 Å². The maximum Gasteiger partial charge on any atom is 0.120 e. The third-order valence-corrected chi connectivity index (χ3v) is 2.82. The van der Waals surface area contributed by atoms with Gasteiger partial charge in [-0.2, -0.15) is 0 Å². The van der Waals surface area contributed by atoms with E-state index in [4.69, 9.17) is 10.5 Å². The molecule has 2 N–H and O–H groups in total. The fourth-order valence-corrected chi connectivity index (χ4v) is 1.96. The molecule has 1 aliphatic rings. The highest BCUT2D eigenvalue weighted by Gasteiger charge is 2.18. The number of allylic oxidation sites excluding steroid dienone is 1. The van der Waals surface area contributed by atoms with E-state index in [-0.39, 0.29) is 6.04 Å². The summed E-state index contributed by atoms with van der Waals surface area (Å²) in [6.45, 7) is 2.63. The third kappa shape index (κ3) is 2.21. The zero-order chi connectivity index (χ0) is 10.7. The monoisotopic (exact) mass is 203 g/mol. The second-order valence-electron chi connectivity index (χ2n) is 3.89. The summed E-state index contributed by atoms with van der Waals surface area (Å²) in [5.74, 6) is 0.945. The highest BCUT2D eigenvalue weighted by atomic mass is 16.5. The molecule has 1 aromatic carbocycles. The van der Waals surface area contributed by atoms with Gasteiger partial charge >= 0.3 is 0 Å². The van der Waals surface area contributed by atoms with Gasteiger partial charge in [-0.15, -0.1) is 0 Å². The van der Waals surface area contributed by atoms with E-state index < -0.39 is 0 Å². The number of nitrogens with two attached hydrogens (primary N) is 1. The van der Waals surface area contributed by atoms with Gasteiger partial charge in [-0.1, -0.05) is 18.2 Å². The zero-order valence-corrected chi connectivity index (χ0v) is 9.07. The first kappa shape index (κ1) is 10.2. The van der Waals surface area contributed by atoms with E-state index in [1.54, 1.807) is 0 Å². The Hall–Kier alpha value is -1.28. The van der Waals surface area contributed by atoms with Crippen LogP contribution in [-0.2, 0) is 6.42 Å². The van der Waals surface area contributed by atoms with Crippen LogP contribution in [0.4, 0.5) is 0 Å². The molecule has 80 valence electrons. The van der Waals surface area contributed by atoms with E-state index in [2.05, 4.69) is 12.1 Å². The van der Waals surface area contributed by atoms with Gasteiger partial charge in [0.15, 0.2) is 0 Å². The van der Waals surface area contributed by atoms with Gasteiger partial charge in [0, 0.05) is 6.04 Å². The summed E-state index contributed by atoms with van der Waals surface area (Å²) in [5, 5.41) is 0. The third-order valence-electron chi connectivity index (χ3n) is 2.82. The minimum Gasteiger partial charge on any atom is -0.490 e. The van der Waals surface area contributed by atoms with Gasteiger partial charge in [-0.3, -0.25) is 0 Å². The molecule has 0 aliphatic heterocycles. The minimum absolute atomic E-state index is 0.226. The smallest absolute Gasteiger partial charge is 0.120 e. The van der Waals surface area contributed by atoms with Crippen molar-refractivity contribution in [3.8, 4) is 5.75 Å². The molecule has 2 heteroatoms. The molecule has 1 aliphatic carbocycles. The SMILES string of the molecule is C/C=C/COc1ccc2c(c1)CC[C@@H]2N. The quantitative estimate of drug-likeness (QED) is 0.766. The second-order valence-corrected chi connectivity index (χ2v) is 3.89. The van der Waals surface area contributed by atoms with Crippen molar-refractivity contribution < 1.29 is 4.74 Å². The highest BCUT2D eigenvalue weighted by Crippen LogP contribution is 2.31. The lowest BCUT2D eigenvalue weighted by atomic mass is 10.1. The lowest BCUT2D eigenvalue weighted by molar-refractivity contribution is 0.362. The molecule has 0 radical (unpaired) electrons. The van der Waals surface area contributed by atoms with Crippen LogP contribution in [0.25, 0.3) is 0 Å².